The molecule has 0 aliphatic heterocycles. The van der Waals surface area contributed by atoms with Gasteiger partial charge in [0.1, 0.15) is 12.6 Å². The number of amides is 2. The van der Waals surface area contributed by atoms with Crippen LogP contribution in [0.2, 0.25) is 0 Å². The molecular formula is C15H22N2O3. The maximum absolute atomic E-state index is 11.7. The number of primary amides is 1. The van der Waals surface area contributed by atoms with E-state index in [1.807, 2.05) is 44.2 Å². The van der Waals surface area contributed by atoms with Crippen molar-refractivity contribution in [2.75, 3.05) is 6.61 Å². The summed E-state index contributed by atoms with van der Waals surface area (Å²) in [5.41, 5.74) is 6.28. The molecule has 0 bridgehead atoms. The van der Waals surface area contributed by atoms with Crippen LogP contribution < -0.4 is 11.1 Å². The SMILES string of the molecule is CC[C@@H](C)[C@@H](NC(=O)COCc1ccccc1)C(N)=O. The molecule has 2 atom stereocenters. The average Bonchev–Trinajstić information content (AvgIpc) is 2.45. The van der Waals surface area contributed by atoms with Gasteiger partial charge in [-0.3, -0.25) is 9.59 Å². The average molecular weight is 278 g/mol. The summed E-state index contributed by atoms with van der Waals surface area (Å²) >= 11 is 0. The van der Waals surface area contributed by atoms with E-state index in [4.69, 9.17) is 10.5 Å². The Bertz CT molecular complexity index is 434. The number of ether oxygens (including phenoxy) is 1. The van der Waals surface area contributed by atoms with Crippen LogP contribution in [0.3, 0.4) is 0 Å². The molecule has 0 heterocycles. The van der Waals surface area contributed by atoms with E-state index < -0.39 is 11.9 Å². The van der Waals surface area contributed by atoms with E-state index in [1.165, 1.54) is 0 Å². The zero-order valence-electron chi connectivity index (χ0n) is 12.0. The monoisotopic (exact) mass is 278 g/mol. The van der Waals surface area contributed by atoms with Gasteiger partial charge in [0.25, 0.3) is 0 Å². The van der Waals surface area contributed by atoms with E-state index in [-0.39, 0.29) is 18.4 Å². The molecule has 1 aromatic rings. The maximum atomic E-state index is 11.7. The van der Waals surface area contributed by atoms with Crippen LogP contribution in [0.15, 0.2) is 30.3 Å². The number of carbonyl (C=O) groups excluding carboxylic acids is 2. The molecule has 0 saturated heterocycles. The predicted octanol–water partition coefficient (Wildman–Crippen LogP) is 1.22. The third kappa shape index (κ3) is 5.40. The zero-order chi connectivity index (χ0) is 15.0. The summed E-state index contributed by atoms with van der Waals surface area (Å²) in [5.74, 6) is -0.841. The van der Waals surface area contributed by atoms with Gasteiger partial charge in [0.2, 0.25) is 11.8 Å². The second-order valence-corrected chi connectivity index (χ2v) is 4.81. The molecular weight excluding hydrogens is 256 g/mol. The van der Waals surface area contributed by atoms with Crippen LogP contribution in [-0.2, 0) is 20.9 Å². The van der Waals surface area contributed by atoms with Crippen molar-refractivity contribution in [3.63, 3.8) is 0 Å². The van der Waals surface area contributed by atoms with Gasteiger partial charge in [-0.2, -0.15) is 0 Å². The van der Waals surface area contributed by atoms with Crippen molar-refractivity contribution >= 4 is 11.8 Å². The fraction of sp³-hybridized carbons (Fsp3) is 0.467. The lowest BCUT2D eigenvalue weighted by atomic mass is 9.99. The summed E-state index contributed by atoms with van der Waals surface area (Å²) in [6, 6.07) is 8.93. The molecule has 110 valence electrons. The van der Waals surface area contributed by atoms with Gasteiger partial charge in [-0.15, -0.1) is 0 Å². The molecule has 0 fully saturated rings. The number of carbonyl (C=O) groups is 2. The quantitative estimate of drug-likeness (QED) is 0.750. The first kappa shape index (κ1) is 16.2. The highest BCUT2D eigenvalue weighted by Crippen LogP contribution is 2.07. The van der Waals surface area contributed by atoms with Crippen molar-refractivity contribution < 1.29 is 14.3 Å². The topological polar surface area (TPSA) is 81.4 Å². The molecule has 0 aromatic heterocycles. The molecule has 0 spiro atoms. The number of rotatable bonds is 8. The molecule has 0 aliphatic carbocycles. The van der Waals surface area contributed by atoms with Gasteiger partial charge in [-0.25, -0.2) is 0 Å². The molecule has 0 saturated carbocycles. The molecule has 1 rings (SSSR count). The zero-order valence-corrected chi connectivity index (χ0v) is 12.0. The second kappa shape index (κ2) is 8.32. The molecule has 5 heteroatoms. The van der Waals surface area contributed by atoms with E-state index >= 15 is 0 Å². The number of benzene rings is 1. The Morgan fingerprint density at radius 1 is 1.30 bits per heavy atom. The van der Waals surface area contributed by atoms with Gasteiger partial charge < -0.3 is 15.8 Å². The lowest BCUT2D eigenvalue weighted by molar-refractivity contribution is -0.131. The van der Waals surface area contributed by atoms with Gasteiger partial charge in [-0.1, -0.05) is 50.6 Å². The normalized spacial score (nSPS) is 13.5. The molecule has 0 unspecified atom stereocenters. The number of nitrogens with one attached hydrogen (secondary N) is 1. The van der Waals surface area contributed by atoms with Crippen LogP contribution in [0, 0.1) is 5.92 Å². The van der Waals surface area contributed by atoms with Crippen molar-refractivity contribution in [3.05, 3.63) is 35.9 Å². The highest BCUT2D eigenvalue weighted by molar-refractivity contribution is 5.87. The Labute approximate surface area is 119 Å². The number of nitrogens with two attached hydrogens (primary N) is 1. The Morgan fingerprint density at radius 2 is 1.95 bits per heavy atom. The highest BCUT2D eigenvalue weighted by atomic mass is 16.5. The smallest absolute Gasteiger partial charge is 0.246 e. The molecule has 5 nitrogen and oxygen atoms in total. The van der Waals surface area contributed by atoms with Crippen LogP contribution in [0.4, 0.5) is 0 Å². The van der Waals surface area contributed by atoms with Crippen LogP contribution in [-0.4, -0.2) is 24.5 Å². The van der Waals surface area contributed by atoms with Gasteiger partial charge >= 0.3 is 0 Å². The standard InChI is InChI=1S/C15H22N2O3/c1-3-11(2)14(15(16)19)17-13(18)10-20-9-12-7-5-4-6-8-12/h4-8,11,14H,3,9-10H2,1-2H3,(H2,16,19)(H,17,18)/t11-,14-/m1/s1. The Hall–Kier alpha value is -1.88. The van der Waals surface area contributed by atoms with Crippen LogP contribution >= 0.6 is 0 Å². The Morgan fingerprint density at radius 3 is 2.50 bits per heavy atom. The van der Waals surface area contributed by atoms with Crippen LogP contribution in [0.1, 0.15) is 25.8 Å². The van der Waals surface area contributed by atoms with E-state index in [2.05, 4.69) is 5.32 Å². The van der Waals surface area contributed by atoms with Gasteiger partial charge in [0.15, 0.2) is 0 Å². The number of hydrogen-bond donors (Lipinski definition) is 2. The minimum absolute atomic E-state index is 0.00516. The van der Waals surface area contributed by atoms with Crippen molar-refractivity contribution in [3.8, 4) is 0 Å². The first-order chi connectivity index (χ1) is 9.54. The van der Waals surface area contributed by atoms with Crippen LogP contribution in [0.5, 0.6) is 0 Å². The van der Waals surface area contributed by atoms with Crippen LogP contribution in [0.25, 0.3) is 0 Å². The Kier molecular flexibility index (Phi) is 6.73. The van der Waals surface area contributed by atoms with E-state index in [0.717, 1.165) is 12.0 Å². The molecule has 0 radical (unpaired) electrons. The second-order valence-electron chi connectivity index (χ2n) is 4.81. The summed E-state index contributed by atoms with van der Waals surface area (Å²) in [4.78, 5) is 23.0. The van der Waals surface area contributed by atoms with Crippen molar-refractivity contribution in [2.45, 2.75) is 32.9 Å². The molecule has 3 N–H and O–H groups in total. The van der Waals surface area contributed by atoms with Crippen molar-refractivity contribution in [1.82, 2.24) is 5.32 Å². The minimum atomic E-state index is -0.646. The fourth-order valence-electron chi connectivity index (χ4n) is 1.78. The lowest BCUT2D eigenvalue weighted by Crippen LogP contribution is -2.49. The van der Waals surface area contributed by atoms with E-state index in [1.54, 1.807) is 0 Å². The minimum Gasteiger partial charge on any atom is -0.368 e. The number of hydrogen-bond acceptors (Lipinski definition) is 3. The largest absolute Gasteiger partial charge is 0.368 e. The van der Waals surface area contributed by atoms with Gasteiger partial charge in [0.05, 0.1) is 6.61 Å². The molecule has 1 aromatic carbocycles. The fourth-order valence-corrected chi connectivity index (χ4v) is 1.78. The third-order valence-corrected chi connectivity index (χ3v) is 3.18. The first-order valence-corrected chi connectivity index (χ1v) is 6.75. The summed E-state index contributed by atoms with van der Waals surface area (Å²) in [6.45, 7) is 4.09. The lowest BCUT2D eigenvalue weighted by Gasteiger charge is -2.21. The van der Waals surface area contributed by atoms with E-state index in [0.29, 0.717) is 6.61 Å². The molecule has 20 heavy (non-hydrogen) atoms. The summed E-state index contributed by atoms with van der Waals surface area (Å²) in [7, 11) is 0. The molecule has 2 amide bonds. The summed E-state index contributed by atoms with van der Waals surface area (Å²) in [5, 5.41) is 2.61. The third-order valence-electron chi connectivity index (χ3n) is 3.18. The Balaban J connectivity index is 2.37. The van der Waals surface area contributed by atoms with Gasteiger partial charge in [-0.05, 0) is 11.5 Å². The first-order valence-electron chi connectivity index (χ1n) is 6.75. The highest BCUT2D eigenvalue weighted by Gasteiger charge is 2.23. The summed E-state index contributed by atoms with van der Waals surface area (Å²) < 4.78 is 5.31. The maximum Gasteiger partial charge on any atom is 0.246 e. The van der Waals surface area contributed by atoms with E-state index in [9.17, 15) is 9.59 Å². The van der Waals surface area contributed by atoms with Gasteiger partial charge in [0, 0.05) is 0 Å². The summed E-state index contributed by atoms with van der Waals surface area (Å²) in [6.07, 6.45) is 0.763. The van der Waals surface area contributed by atoms with Crippen molar-refractivity contribution in [1.29, 1.82) is 0 Å². The predicted molar refractivity (Wildman–Crippen MR) is 76.7 cm³/mol. The molecule has 0 aliphatic rings. The van der Waals surface area contributed by atoms with Crippen molar-refractivity contribution in [2.24, 2.45) is 11.7 Å².